The van der Waals surface area contributed by atoms with Crippen molar-refractivity contribution in [1.82, 2.24) is 0 Å². The van der Waals surface area contributed by atoms with Crippen LogP contribution in [0.5, 0.6) is 0 Å². The summed E-state index contributed by atoms with van der Waals surface area (Å²) in [6.07, 6.45) is 2.18. The summed E-state index contributed by atoms with van der Waals surface area (Å²) in [5.74, 6) is 1.43. The van der Waals surface area contributed by atoms with Crippen LogP contribution < -0.4 is 0 Å². The second-order valence-corrected chi connectivity index (χ2v) is 6.43. The molecular weight excluding hydrogens is 216 g/mol. The summed E-state index contributed by atoms with van der Waals surface area (Å²) >= 11 is 1.81. The van der Waals surface area contributed by atoms with E-state index in [-0.39, 0.29) is 4.75 Å². The maximum Gasteiger partial charge on any atom is 0.178 e. The molecule has 0 aliphatic carbocycles. The van der Waals surface area contributed by atoms with Crippen LogP contribution in [-0.2, 0) is 0 Å². The lowest BCUT2D eigenvalue weighted by molar-refractivity contribution is 0.0948. The van der Waals surface area contributed by atoms with Crippen molar-refractivity contribution in [3.8, 4) is 0 Å². The smallest absolute Gasteiger partial charge is 0.178 e. The van der Waals surface area contributed by atoms with Crippen LogP contribution in [0.3, 0.4) is 0 Å². The van der Waals surface area contributed by atoms with Crippen molar-refractivity contribution in [3.05, 3.63) is 34.9 Å². The number of benzene rings is 1. The lowest BCUT2D eigenvalue weighted by Gasteiger charge is -2.22. The van der Waals surface area contributed by atoms with Crippen LogP contribution in [-0.4, -0.2) is 16.3 Å². The fourth-order valence-corrected chi connectivity index (χ4v) is 3.58. The molecule has 0 radical (unpaired) electrons. The summed E-state index contributed by atoms with van der Waals surface area (Å²) in [5.41, 5.74) is 3.24. The third-order valence-electron chi connectivity index (χ3n) is 3.33. The van der Waals surface area contributed by atoms with E-state index in [9.17, 15) is 4.79 Å². The molecule has 2 rings (SSSR count). The Morgan fingerprint density at radius 2 is 2.12 bits per heavy atom. The van der Waals surface area contributed by atoms with Gasteiger partial charge in [0, 0.05) is 5.56 Å². The second-order valence-electron chi connectivity index (χ2n) is 4.83. The number of ketones is 1. The van der Waals surface area contributed by atoms with Crippen molar-refractivity contribution in [3.63, 3.8) is 0 Å². The first-order chi connectivity index (χ1) is 7.53. The van der Waals surface area contributed by atoms with Crippen LogP contribution in [0.15, 0.2) is 18.2 Å². The Hall–Kier alpha value is -0.760. The van der Waals surface area contributed by atoms with Gasteiger partial charge in [0.15, 0.2) is 5.78 Å². The average Bonchev–Trinajstić information content (AvgIpc) is 2.66. The molecule has 0 bridgehead atoms. The summed E-state index contributed by atoms with van der Waals surface area (Å²) in [6, 6.07) is 6.11. The molecule has 2 heteroatoms. The van der Waals surface area contributed by atoms with Gasteiger partial charge in [-0.1, -0.05) is 23.8 Å². The third kappa shape index (κ3) is 2.03. The van der Waals surface area contributed by atoms with Gasteiger partial charge in [-0.25, -0.2) is 0 Å². The zero-order valence-corrected chi connectivity index (χ0v) is 11.0. The first-order valence-corrected chi connectivity index (χ1v) is 6.77. The summed E-state index contributed by atoms with van der Waals surface area (Å²) in [6.45, 7) is 6.18. The molecule has 1 saturated heterocycles. The lowest BCUT2D eigenvalue weighted by atomic mass is 9.91. The van der Waals surface area contributed by atoms with Gasteiger partial charge in [0.25, 0.3) is 0 Å². The van der Waals surface area contributed by atoms with E-state index in [1.807, 2.05) is 30.8 Å². The number of aryl methyl sites for hydroxylation is 2. The summed E-state index contributed by atoms with van der Waals surface area (Å²) < 4.78 is -0.181. The van der Waals surface area contributed by atoms with Crippen molar-refractivity contribution < 1.29 is 4.79 Å². The van der Waals surface area contributed by atoms with E-state index >= 15 is 0 Å². The zero-order valence-electron chi connectivity index (χ0n) is 10.2. The van der Waals surface area contributed by atoms with Gasteiger partial charge in [-0.05, 0) is 44.9 Å². The lowest BCUT2D eigenvalue weighted by Crippen LogP contribution is -2.29. The van der Waals surface area contributed by atoms with Crippen molar-refractivity contribution in [2.45, 2.75) is 38.4 Å². The largest absolute Gasteiger partial charge is 0.293 e. The Bertz CT molecular complexity index is 417. The van der Waals surface area contributed by atoms with Gasteiger partial charge in [-0.3, -0.25) is 4.79 Å². The molecule has 1 heterocycles. The molecule has 1 nitrogen and oxygen atoms in total. The number of thioether (sulfide) groups is 1. The van der Waals surface area contributed by atoms with Crippen LogP contribution >= 0.6 is 11.8 Å². The minimum absolute atomic E-state index is 0.181. The molecule has 0 aromatic heterocycles. The molecule has 0 N–H and O–H groups in total. The Kier molecular flexibility index (Phi) is 3.11. The first-order valence-electron chi connectivity index (χ1n) is 5.79. The number of Topliss-reactive ketones (excluding diaryl/α,β-unsaturated/α-hetero) is 1. The van der Waals surface area contributed by atoms with Crippen LogP contribution in [0, 0.1) is 13.8 Å². The molecule has 1 fully saturated rings. The molecule has 0 spiro atoms. The van der Waals surface area contributed by atoms with Gasteiger partial charge in [-0.15, -0.1) is 11.8 Å². The average molecular weight is 234 g/mol. The molecule has 0 saturated carbocycles. The summed E-state index contributed by atoms with van der Waals surface area (Å²) in [7, 11) is 0. The minimum atomic E-state index is -0.181. The molecule has 1 atom stereocenters. The molecule has 1 aromatic carbocycles. The fraction of sp³-hybridized carbons (Fsp3) is 0.500. The SMILES string of the molecule is Cc1ccc(C(=O)C2(C)CCCS2)c(C)c1. The number of hydrogen-bond donors (Lipinski definition) is 0. The van der Waals surface area contributed by atoms with E-state index in [4.69, 9.17) is 0 Å². The molecular formula is C14H18OS. The Balaban J connectivity index is 2.33. The number of hydrogen-bond acceptors (Lipinski definition) is 2. The molecule has 1 aliphatic rings. The molecule has 1 aliphatic heterocycles. The van der Waals surface area contributed by atoms with Gasteiger partial charge < -0.3 is 0 Å². The maximum absolute atomic E-state index is 12.5. The molecule has 1 unspecified atom stereocenters. The van der Waals surface area contributed by atoms with Crippen molar-refractivity contribution in [1.29, 1.82) is 0 Å². The highest BCUT2D eigenvalue weighted by Crippen LogP contribution is 2.40. The molecule has 0 amide bonds. The number of carbonyl (C=O) groups is 1. The van der Waals surface area contributed by atoms with Crippen molar-refractivity contribution in [2.24, 2.45) is 0 Å². The zero-order chi connectivity index (χ0) is 11.8. The highest BCUT2D eigenvalue weighted by molar-refractivity contribution is 8.01. The Labute approximate surface area is 102 Å². The minimum Gasteiger partial charge on any atom is -0.293 e. The summed E-state index contributed by atoms with van der Waals surface area (Å²) in [4.78, 5) is 12.5. The van der Waals surface area contributed by atoms with E-state index in [1.54, 1.807) is 0 Å². The van der Waals surface area contributed by atoms with Crippen molar-refractivity contribution in [2.75, 3.05) is 5.75 Å². The van der Waals surface area contributed by atoms with Gasteiger partial charge >= 0.3 is 0 Å². The normalized spacial score (nSPS) is 24.7. The first kappa shape index (κ1) is 11.7. The van der Waals surface area contributed by atoms with Crippen LogP contribution in [0.1, 0.15) is 41.3 Å². The van der Waals surface area contributed by atoms with Crippen LogP contribution in [0.4, 0.5) is 0 Å². The molecule has 16 heavy (non-hydrogen) atoms. The quantitative estimate of drug-likeness (QED) is 0.725. The van der Waals surface area contributed by atoms with E-state index < -0.39 is 0 Å². The van der Waals surface area contributed by atoms with Crippen LogP contribution in [0.2, 0.25) is 0 Å². The van der Waals surface area contributed by atoms with Gasteiger partial charge in [0.1, 0.15) is 0 Å². The number of carbonyl (C=O) groups excluding carboxylic acids is 1. The van der Waals surface area contributed by atoms with Crippen molar-refractivity contribution >= 4 is 17.5 Å². The van der Waals surface area contributed by atoms with Crippen LogP contribution in [0.25, 0.3) is 0 Å². The fourth-order valence-electron chi connectivity index (χ4n) is 2.31. The van der Waals surface area contributed by atoms with Gasteiger partial charge in [0.2, 0.25) is 0 Å². The summed E-state index contributed by atoms with van der Waals surface area (Å²) in [5, 5.41) is 0. The van der Waals surface area contributed by atoms with E-state index in [2.05, 4.69) is 19.9 Å². The van der Waals surface area contributed by atoms with E-state index in [0.717, 1.165) is 29.7 Å². The van der Waals surface area contributed by atoms with E-state index in [0.29, 0.717) is 5.78 Å². The standard InChI is InChI=1S/C14H18OS/c1-10-5-6-12(11(2)9-10)13(15)14(3)7-4-8-16-14/h5-6,9H,4,7-8H2,1-3H3. The Morgan fingerprint density at radius 1 is 1.38 bits per heavy atom. The third-order valence-corrected chi connectivity index (χ3v) is 4.85. The highest BCUT2D eigenvalue weighted by Gasteiger charge is 2.37. The monoisotopic (exact) mass is 234 g/mol. The topological polar surface area (TPSA) is 17.1 Å². The number of rotatable bonds is 2. The van der Waals surface area contributed by atoms with Gasteiger partial charge in [0.05, 0.1) is 4.75 Å². The molecule has 1 aromatic rings. The van der Waals surface area contributed by atoms with E-state index in [1.165, 1.54) is 5.56 Å². The Morgan fingerprint density at radius 3 is 2.69 bits per heavy atom. The van der Waals surface area contributed by atoms with Gasteiger partial charge in [-0.2, -0.15) is 0 Å². The maximum atomic E-state index is 12.5. The highest BCUT2D eigenvalue weighted by atomic mass is 32.2. The molecule has 86 valence electrons. The predicted molar refractivity (Wildman–Crippen MR) is 70.3 cm³/mol. The predicted octanol–water partition coefficient (Wildman–Crippen LogP) is 3.77. The second kappa shape index (κ2) is 4.25.